The van der Waals surface area contributed by atoms with Crippen LogP contribution in [-0.4, -0.2) is 25.4 Å². The molecule has 0 saturated carbocycles. The topological polar surface area (TPSA) is 33.6 Å². The lowest BCUT2D eigenvalue weighted by Gasteiger charge is -2.34. The Morgan fingerprint density at radius 3 is 2.92 bits per heavy atom. The summed E-state index contributed by atoms with van der Waals surface area (Å²) in [6.07, 6.45) is 20.4. The van der Waals surface area contributed by atoms with E-state index in [-0.39, 0.29) is 5.92 Å². The number of allylic oxidation sites excluding steroid dienone is 9. The second kappa shape index (κ2) is 7.12. The standard InChI is InChI=1S/C20H23ClN2O/c21-17-3-1-2-14(11-17)16-10-15-4-7-23-13-19(15)20(12-16)24-18-5-8-22-9-6-18/h1,3-4,7,10-15,18-19,22H,2,5-6,8-9H2. The van der Waals surface area contributed by atoms with Crippen LogP contribution in [0, 0.1) is 17.8 Å². The molecule has 3 unspecified atom stereocenters. The lowest BCUT2D eigenvalue weighted by molar-refractivity contribution is 0.0727. The zero-order chi connectivity index (χ0) is 16.4. The predicted octanol–water partition coefficient (Wildman–Crippen LogP) is 4.11. The second-order valence-electron chi connectivity index (χ2n) is 6.82. The molecule has 0 aromatic carbocycles. The van der Waals surface area contributed by atoms with Crippen molar-refractivity contribution in [3.63, 3.8) is 0 Å². The molecule has 1 N–H and O–H groups in total. The molecule has 0 bridgehead atoms. The van der Waals surface area contributed by atoms with Crippen molar-refractivity contribution in [3.05, 3.63) is 59.0 Å². The van der Waals surface area contributed by atoms with Gasteiger partial charge in [-0.1, -0.05) is 35.9 Å². The minimum Gasteiger partial charge on any atom is -0.494 e. The van der Waals surface area contributed by atoms with E-state index in [0.29, 0.717) is 17.9 Å². The van der Waals surface area contributed by atoms with Gasteiger partial charge in [0.1, 0.15) is 11.9 Å². The van der Waals surface area contributed by atoms with Gasteiger partial charge >= 0.3 is 0 Å². The Kier molecular flexibility index (Phi) is 4.72. The van der Waals surface area contributed by atoms with E-state index in [2.05, 4.69) is 40.7 Å². The molecule has 1 saturated heterocycles. The van der Waals surface area contributed by atoms with E-state index in [1.807, 2.05) is 18.5 Å². The van der Waals surface area contributed by atoms with Gasteiger partial charge in [-0.25, -0.2) is 0 Å². The molecule has 4 heteroatoms. The van der Waals surface area contributed by atoms with Gasteiger partial charge in [0, 0.05) is 29.3 Å². The highest BCUT2D eigenvalue weighted by Crippen LogP contribution is 2.38. The van der Waals surface area contributed by atoms with Gasteiger partial charge in [-0.3, -0.25) is 4.99 Å². The average Bonchev–Trinajstić information content (AvgIpc) is 2.62. The number of hydrogen-bond donors (Lipinski definition) is 1. The van der Waals surface area contributed by atoms with Gasteiger partial charge in [0.2, 0.25) is 0 Å². The zero-order valence-electron chi connectivity index (χ0n) is 13.7. The first-order valence-corrected chi connectivity index (χ1v) is 9.22. The first-order chi connectivity index (χ1) is 11.8. The van der Waals surface area contributed by atoms with Crippen LogP contribution in [0.2, 0.25) is 0 Å². The maximum Gasteiger partial charge on any atom is 0.106 e. The highest BCUT2D eigenvalue weighted by Gasteiger charge is 2.31. The first-order valence-electron chi connectivity index (χ1n) is 8.84. The third-order valence-corrected chi connectivity index (χ3v) is 5.37. The smallest absolute Gasteiger partial charge is 0.106 e. The van der Waals surface area contributed by atoms with Crippen LogP contribution in [0.1, 0.15) is 19.3 Å². The largest absolute Gasteiger partial charge is 0.494 e. The molecule has 0 spiro atoms. The number of nitrogens with one attached hydrogen (secondary N) is 1. The van der Waals surface area contributed by atoms with Crippen LogP contribution in [0.15, 0.2) is 64.0 Å². The Hall–Kier alpha value is -1.58. The summed E-state index contributed by atoms with van der Waals surface area (Å²) >= 11 is 6.21. The summed E-state index contributed by atoms with van der Waals surface area (Å²) in [4.78, 5) is 4.34. The third kappa shape index (κ3) is 3.42. The number of nitrogens with zero attached hydrogens (tertiary/aromatic N) is 1. The van der Waals surface area contributed by atoms with Gasteiger partial charge in [0.05, 0.1) is 5.92 Å². The third-order valence-electron chi connectivity index (χ3n) is 5.12. The highest BCUT2D eigenvalue weighted by molar-refractivity contribution is 6.31. The van der Waals surface area contributed by atoms with Gasteiger partial charge in [-0.05, 0) is 50.1 Å². The van der Waals surface area contributed by atoms with Crippen LogP contribution >= 0.6 is 11.6 Å². The Bertz CT molecular complexity index is 665. The van der Waals surface area contributed by atoms with Crippen molar-refractivity contribution in [1.82, 2.24) is 5.32 Å². The summed E-state index contributed by atoms with van der Waals surface area (Å²) in [5, 5.41) is 4.22. The minimum atomic E-state index is 0.229. The molecule has 4 rings (SSSR count). The zero-order valence-corrected chi connectivity index (χ0v) is 14.5. The van der Waals surface area contributed by atoms with Crippen LogP contribution in [0.3, 0.4) is 0 Å². The minimum absolute atomic E-state index is 0.229. The van der Waals surface area contributed by atoms with Crippen LogP contribution in [0.5, 0.6) is 0 Å². The monoisotopic (exact) mass is 342 g/mol. The average molecular weight is 343 g/mol. The molecule has 0 amide bonds. The van der Waals surface area contributed by atoms with E-state index in [9.17, 15) is 0 Å². The van der Waals surface area contributed by atoms with Gasteiger partial charge in [-0.15, -0.1) is 0 Å². The van der Waals surface area contributed by atoms with Crippen LogP contribution in [-0.2, 0) is 4.74 Å². The molecular weight excluding hydrogens is 320 g/mol. The van der Waals surface area contributed by atoms with Crippen molar-refractivity contribution in [3.8, 4) is 0 Å². The summed E-state index contributed by atoms with van der Waals surface area (Å²) in [7, 11) is 0. The molecule has 24 heavy (non-hydrogen) atoms. The number of fused-ring (bicyclic) bond motifs is 1. The van der Waals surface area contributed by atoms with Gasteiger partial charge in [-0.2, -0.15) is 0 Å². The lowest BCUT2D eigenvalue weighted by atomic mass is 9.79. The molecule has 0 aromatic rings. The fraction of sp³-hybridized carbons (Fsp3) is 0.450. The summed E-state index contributed by atoms with van der Waals surface area (Å²) in [6, 6.07) is 0. The second-order valence-corrected chi connectivity index (χ2v) is 7.26. The van der Waals surface area contributed by atoms with Crippen molar-refractivity contribution >= 4 is 17.8 Å². The molecule has 2 aliphatic carbocycles. The number of aliphatic imine (C=N–C) groups is 1. The van der Waals surface area contributed by atoms with Gasteiger partial charge < -0.3 is 10.1 Å². The van der Waals surface area contributed by atoms with Crippen LogP contribution < -0.4 is 5.32 Å². The van der Waals surface area contributed by atoms with Gasteiger partial charge in [0.25, 0.3) is 0 Å². The summed E-state index contributed by atoms with van der Waals surface area (Å²) in [5.41, 5.74) is 1.31. The number of piperidine rings is 1. The predicted molar refractivity (Wildman–Crippen MR) is 98.9 cm³/mol. The molecule has 0 radical (unpaired) electrons. The number of ether oxygens (including phenoxy) is 1. The Balaban J connectivity index is 1.59. The van der Waals surface area contributed by atoms with Crippen molar-refractivity contribution in [2.24, 2.45) is 22.7 Å². The Labute approximate surface area is 148 Å². The molecule has 2 heterocycles. The molecule has 4 aliphatic rings. The van der Waals surface area contributed by atoms with Crippen LogP contribution in [0.25, 0.3) is 0 Å². The van der Waals surface area contributed by atoms with Crippen LogP contribution in [0.4, 0.5) is 0 Å². The molecule has 0 aromatic heterocycles. The Morgan fingerprint density at radius 1 is 1.21 bits per heavy atom. The normalized spacial score (nSPS) is 32.7. The number of halogens is 1. The van der Waals surface area contributed by atoms with Crippen molar-refractivity contribution < 1.29 is 4.74 Å². The molecule has 3 atom stereocenters. The van der Waals surface area contributed by atoms with E-state index in [4.69, 9.17) is 16.3 Å². The first kappa shape index (κ1) is 15.9. The van der Waals surface area contributed by atoms with E-state index < -0.39 is 0 Å². The molecular formula is C20H23ClN2O. The van der Waals surface area contributed by atoms with Crippen molar-refractivity contribution in [1.29, 1.82) is 0 Å². The highest BCUT2D eigenvalue weighted by atomic mass is 35.5. The molecule has 126 valence electrons. The van der Waals surface area contributed by atoms with E-state index in [1.165, 1.54) is 5.57 Å². The maximum atomic E-state index is 6.43. The van der Waals surface area contributed by atoms with Gasteiger partial charge in [0.15, 0.2) is 0 Å². The van der Waals surface area contributed by atoms with E-state index in [0.717, 1.165) is 43.1 Å². The Morgan fingerprint density at radius 2 is 2.08 bits per heavy atom. The number of hydrogen-bond acceptors (Lipinski definition) is 3. The SMILES string of the molecule is ClC1=CC(C2=CC3C=CN=CC3C(OC3CCNCC3)=C2)CC=C1. The van der Waals surface area contributed by atoms with Crippen molar-refractivity contribution in [2.45, 2.75) is 25.4 Å². The van der Waals surface area contributed by atoms with Crippen molar-refractivity contribution in [2.75, 3.05) is 13.1 Å². The number of rotatable bonds is 3. The summed E-state index contributed by atoms with van der Waals surface area (Å²) < 4.78 is 6.43. The molecule has 2 aliphatic heterocycles. The van der Waals surface area contributed by atoms with E-state index in [1.54, 1.807) is 0 Å². The molecule has 3 nitrogen and oxygen atoms in total. The summed E-state index contributed by atoms with van der Waals surface area (Å²) in [6.45, 7) is 2.07. The fourth-order valence-corrected chi connectivity index (χ4v) is 4.03. The fourth-order valence-electron chi connectivity index (χ4n) is 3.79. The maximum absolute atomic E-state index is 6.43. The van der Waals surface area contributed by atoms with E-state index >= 15 is 0 Å². The quantitative estimate of drug-likeness (QED) is 0.837. The lowest BCUT2D eigenvalue weighted by Crippen LogP contribution is -2.34. The summed E-state index contributed by atoms with van der Waals surface area (Å²) in [5.74, 6) is 1.96. The molecule has 1 fully saturated rings.